The van der Waals surface area contributed by atoms with Gasteiger partial charge in [0, 0.05) is 19.5 Å². The Hall–Kier alpha value is -2.94. The molecule has 0 spiro atoms. The van der Waals surface area contributed by atoms with Crippen LogP contribution >= 0.6 is 0 Å². The number of aliphatic hydroxyl groups is 1. The third-order valence-electron chi connectivity index (χ3n) is 6.41. The molecule has 0 unspecified atom stereocenters. The van der Waals surface area contributed by atoms with Crippen LogP contribution in [0.5, 0.6) is 11.5 Å². The van der Waals surface area contributed by atoms with Gasteiger partial charge in [0.05, 0.1) is 37.9 Å². The van der Waals surface area contributed by atoms with Gasteiger partial charge in [-0.1, -0.05) is 37.3 Å². The summed E-state index contributed by atoms with van der Waals surface area (Å²) < 4.78 is 17.6. The van der Waals surface area contributed by atoms with Gasteiger partial charge in [-0.15, -0.1) is 0 Å². The molecule has 2 aliphatic rings. The van der Waals surface area contributed by atoms with Crippen LogP contribution in [-0.2, 0) is 25.6 Å². The third kappa shape index (κ3) is 7.04. The Kier molecular flexibility index (Phi) is 8.74. The summed E-state index contributed by atoms with van der Waals surface area (Å²) in [6.45, 7) is 2.95. The van der Waals surface area contributed by atoms with Gasteiger partial charge >= 0.3 is 0 Å². The molecular weight excluding hydrogens is 448 g/mol. The molecule has 2 aliphatic heterocycles. The maximum Gasteiger partial charge on any atom is 0.222 e. The molecule has 8 heteroatoms. The average Bonchev–Trinajstić information content (AvgIpc) is 2.86. The lowest BCUT2D eigenvalue weighted by atomic mass is 9.94. The van der Waals surface area contributed by atoms with E-state index < -0.39 is 6.10 Å². The van der Waals surface area contributed by atoms with Crippen molar-refractivity contribution in [2.24, 2.45) is 0 Å². The molecule has 2 amide bonds. The van der Waals surface area contributed by atoms with Gasteiger partial charge in [-0.05, 0) is 42.7 Å². The Balaban J connectivity index is 1.25. The molecule has 2 aromatic rings. The van der Waals surface area contributed by atoms with Crippen molar-refractivity contribution in [1.29, 1.82) is 0 Å². The summed E-state index contributed by atoms with van der Waals surface area (Å²) >= 11 is 0. The predicted molar refractivity (Wildman–Crippen MR) is 130 cm³/mol. The molecule has 2 N–H and O–H groups in total. The lowest BCUT2D eigenvalue weighted by Crippen LogP contribution is -2.57. The molecular formula is C27H34N2O6. The first kappa shape index (κ1) is 25.2. The Morgan fingerprint density at radius 2 is 1.80 bits per heavy atom. The number of ether oxygens (including phenoxy) is 3. The van der Waals surface area contributed by atoms with Crippen LogP contribution < -0.4 is 10.1 Å². The van der Waals surface area contributed by atoms with Crippen molar-refractivity contribution in [3.05, 3.63) is 60.2 Å². The van der Waals surface area contributed by atoms with Crippen molar-refractivity contribution in [2.75, 3.05) is 19.8 Å². The molecule has 2 heterocycles. The van der Waals surface area contributed by atoms with Crippen LogP contribution in [-0.4, -0.2) is 65.9 Å². The topological polar surface area (TPSA) is 97.3 Å². The van der Waals surface area contributed by atoms with E-state index in [1.807, 2.05) is 61.5 Å². The molecule has 35 heavy (non-hydrogen) atoms. The SMILES string of the molecule is CCC(=O)N1C[C@@H](O)COC[C@H]2O[C@@H](CC(=O)NCc3ccc(Oc4ccccc4)cc3)CC[C@@H]21. The molecule has 2 fully saturated rings. The van der Waals surface area contributed by atoms with Crippen LogP contribution in [0.4, 0.5) is 0 Å². The molecule has 0 radical (unpaired) electrons. The number of aliphatic hydroxyl groups excluding tert-OH is 1. The minimum Gasteiger partial charge on any atom is -0.457 e. The predicted octanol–water partition coefficient (Wildman–Crippen LogP) is 3.03. The van der Waals surface area contributed by atoms with E-state index in [1.165, 1.54) is 0 Å². The van der Waals surface area contributed by atoms with Gasteiger partial charge in [0.2, 0.25) is 11.8 Å². The Morgan fingerprint density at radius 3 is 2.54 bits per heavy atom. The van der Waals surface area contributed by atoms with Crippen molar-refractivity contribution in [3.63, 3.8) is 0 Å². The quantitative estimate of drug-likeness (QED) is 0.630. The second-order valence-corrected chi connectivity index (χ2v) is 9.07. The highest BCUT2D eigenvalue weighted by atomic mass is 16.5. The molecule has 2 saturated heterocycles. The van der Waals surface area contributed by atoms with E-state index in [9.17, 15) is 14.7 Å². The lowest BCUT2D eigenvalue weighted by molar-refractivity contribution is -0.169. The van der Waals surface area contributed by atoms with Crippen LogP contribution in [0.2, 0.25) is 0 Å². The summed E-state index contributed by atoms with van der Waals surface area (Å²) in [6.07, 6.45) is 0.780. The van der Waals surface area contributed by atoms with Crippen molar-refractivity contribution in [3.8, 4) is 11.5 Å². The minimum atomic E-state index is -0.700. The summed E-state index contributed by atoms with van der Waals surface area (Å²) in [4.78, 5) is 26.8. The number of benzene rings is 2. The number of hydrogen-bond donors (Lipinski definition) is 2. The molecule has 188 valence electrons. The molecule has 4 atom stereocenters. The van der Waals surface area contributed by atoms with E-state index in [0.717, 1.165) is 17.1 Å². The largest absolute Gasteiger partial charge is 0.457 e. The summed E-state index contributed by atoms with van der Waals surface area (Å²) in [5, 5.41) is 13.1. The van der Waals surface area contributed by atoms with Crippen molar-refractivity contribution >= 4 is 11.8 Å². The van der Waals surface area contributed by atoms with Gasteiger partial charge in [0.15, 0.2) is 0 Å². The van der Waals surface area contributed by atoms with E-state index in [-0.39, 0.29) is 49.6 Å². The number of hydrogen-bond acceptors (Lipinski definition) is 6. The summed E-state index contributed by atoms with van der Waals surface area (Å²) in [5.74, 6) is 1.43. The number of β-amino-alcohol motifs (C(OH)–C–C–N with tert-alkyl or cyclic N) is 1. The number of nitrogens with one attached hydrogen (secondary N) is 1. The number of carbonyl (C=O) groups excluding carboxylic acids is 2. The van der Waals surface area contributed by atoms with E-state index in [2.05, 4.69) is 5.32 Å². The molecule has 0 aliphatic carbocycles. The van der Waals surface area contributed by atoms with Gasteiger partial charge < -0.3 is 29.5 Å². The maximum absolute atomic E-state index is 12.6. The van der Waals surface area contributed by atoms with Crippen LogP contribution in [0.25, 0.3) is 0 Å². The first-order valence-electron chi connectivity index (χ1n) is 12.3. The third-order valence-corrected chi connectivity index (χ3v) is 6.41. The van der Waals surface area contributed by atoms with Crippen LogP contribution in [0.1, 0.15) is 38.2 Å². The fourth-order valence-electron chi connectivity index (χ4n) is 4.61. The highest BCUT2D eigenvalue weighted by Crippen LogP contribution is 2.28. The minimum absolute atomic E-state index is 0.000861. The Bertz CT molecular complexity index is 967. The second kappa shape index (κ2) is 12.2. The van der Waals surface area contributed by atoms with Gasteiger partial charge in [-0.2, -0.15) is 0 Å². The average molecular weight is 483 g/mol. The normalized spacial score (nSPS) is 24.6. The zero-order chi connectivity index (χ0) is 24.6. The standard InChI is InChI=1S/C27H34N2O6/c1-2-27(32)29-16-20(30)17-33-18-25-24(29)13-12-23(35-25)14-26(31)28-15-19-8-10-22(11-9-19)34-21-6-4-3-5-7-21/h3-11,20,23-25,30H,2,12-18H2,1H3,(H,28,31)/t20-,23-,24+,25-/m1/s1. The van der Waals surface area contributed by atoms with Gasteiger partial charge in [-0.25, -0.2) is 0 Å². The van der Waals surface area contributed by atoms with E-state index in [4.69, 9.17) is 14.2 Å². The molecule has 0 saturated carbocycles. The monoisotopic (exact) mass is 482 g/mol. The van der Waals surface area contributed by atoms with E-state index in [0.29, 0.717) is 32.4 Å². The summed E-state index contributed by atoms with van der Waals surface area (Å²) in [6, 6.07) is 17.1. The number of fused-ring (bicyclic) bond motifs is 1. The van der Waals surface area contributed by atoms with Gasteiger partial charge in [0.25, 0.3) is 0 Å². The smallest absolute Gasteiger partial charge is 0.222 e. The number of rotatable bonds is 7. The maximum atomic E-state index is 12.6. The Labute approximate surface area is 206 Å². The molecule has 4 rings (SSSR count). The summed E-state index contributed by atoms with van der Waals surface area (Å²) in [5.41, 5.74) is 0.976. The number of amides is 2. The van der Waals surface area contributed by atoms with Crippen LogP contribution in [0.15, 0.2) is 54.6 Å². The molecule has 2 aromatic carbocycles. The molecule has 0 bridgehead atoms. The first-order chi connectivity index (χ1) is 17.0. The first-order valence-corrected chi connectivity index (χ1v) is 12.3. The van der Waals surface area contributed by atoms with E-state index in [1.54, 1.807) is 4.90 Å². The highest BCUT2D eigenvalue weighted by molar-refractivity contribution is 5.77. The Morgan fingerprint density at radius 1 is 1.06 bits per heavy atom. The number of carbonyl (C=O) groups is 2. The van der Waals surface area contributed by atoms with Gasteiger partial charge in [-0.3, -0.25) is 9.59 Å². The van der Waals surface area contributed by atoms with Crippen LogP contribution in [0.3, 0.4) is 0 Å². The zero-order valence-corrected chi connectivity index (χ0v) is 20.1. The fraction of sp³-hybridized carbons (Fsp3) is 0.481. The molecule has 0 aromatic heterocycles. The van der Waals surface area contributed by atoms with Gasteiger partial charge in [0.1, 0.15) is 17.6 Å². The van der Waals surface area contributed by atoms with Crippen molar-refractivity contribution in [2.45, 2.75) is 63.5 Å². The van der Waals surface area contributed by atoms with E-state index >= 15 is 0 Å². The lowest BCUT2D eigenvalue weighted by Gasteiger charge is -2.44. The summed E-state index contributed by atoms with van der Waals surface area (Å²) in [7, 11) is 0. The van der Waals surface area contributed by atoms with Crippen molar-refractivity contribution in [1.82, 2.24) is 10.2 Å². The number of para-hydroxylation sites is 1. The number of nitrogens with zero attached hydrogens (tertiary/aromatic N) is 1. The molecule has 8 nitrogen and oxygen atoms in total. The van der Waals surface area contributed by atoms with Crippen LogP contribution in [0, 0.1) is 0 Å². The van der Waals surface area contributed by atoms with Crippen molar-refractivity contribution < 1.29 is 28.9 Å². The highest BCUT2D eigenvalue weighted by Gasteiger charge is 2.39. The zero-order valence-electron chi connectivity index (χ0n) is 20.1. The second-order valence-electron chi connectivity index (χ2n) is 9.07. The fourth-order valence-corrected chi connectivity index (χ4v) is 4.61.